The van der Waals surface area contributed by atoms with Crippen LogP contribution in [0.3, 0.4) is 0 Å². The number of aromatic nitrogens is 4. The monoisotopic (exact) mass is 796 g/mol. The molecule has 3 aliphatic rings. The minimum atomic E-state index is 0.0207. The van der Waals surface area contributed by atoms with Gasteiger partial charge in [-0.2, -0.15) is 0 Å². The van der Waals surface area contributed by atoms with Crippen LogP contribution in [0.1, 0.15) is 43.7 Å². The summed E-state index contributed by atoms with van der Waals surface area (Å²) < 4.78 is 2.40. The van der Waals surface area contributed by atoms with Crippen LogP contribution in [-0.4, -0.2) is 19.5 Å². The summed E-state index contributed by atoms with van der Waals surface area (Å²) in [5.74, 6) is 4.16. The Morgan fingerprint density at radius 1 is 0.484 bits per heavy atom. The second-order valence-corrected chi connectivity index (χ2v) is 18.0. The van der Waals surface area contributed by atoms with Crippen LogP contribution in [0, 0.1) is 17.8 Å². The third-order valence-electron chi connectivity index (χ3n) is 14.9. The summed E-state index contributed by atoms with van der Waals surface area (Å²) in [4.78, 5) is 15.9. The first-order chi connectivity index (χ1) is 30.6. The van der Waals surface area contributed by atoms with Crippen LogP contribution in [0.5, 0.6) is 0 Å². The van der Waals surface area contributed by atoms with Crippen LogP contribution in [0.25, 0.3) is 94.7 Å². The Hall–Kier alpha value is -7.17. The lowest BCUT2D eigenvalue weighted by molar-refractivity contribution is 0.162. The number of nitrogens with zero attached hydrogens (tertiary/aromatic N) is 4. The molecule has 3 aliphatic carbocycles. The maximum absolute atomic E-state index is 5.39. The molecule has 4 nitrogen and oxygen atoms in total. The molecule has 0 radical (unpaired) electrons. The van der Waals surface area contributed by atoms with Crippen molar-refractivity contribution in [2.45, 2.75) is 38.0 Å². The Balaban J connectivity index is 0.930. The highest BCUT2D eigenvalue weighted by Crippen LogP contribution is 2.66. The van der Waals surface area contributed by atoms with Crippen molar-refractivity contribution in [2.75, 3.05) is 0 Å². The first-order valence-electron chi connectivity index (χ1n) is 22.3. The van der Waals surface area contributed by atoms with Crippen molar-refractivity contribution in [3.63, 3.8) is 0 Å². The summed E-state index contributed by atoms with van der Waals surface area (Å²) in [7, 11) is 0. The van der Waals surface area contributed by atoms with E-state index in [0.29, 0.717) is 23.5 Å². The quantitative estimate of drug-likeness (QED) is 0.174. The van der Waals surface area contributed by atoms with E-state index in [0.717, 1.165) is 45.2 Å². The number of para-hydroxylation sites is 1. The minimum Gasteiger partial charge on any atom is -0.309 e. The van der Waals surface area contributed by atoms with Gasteiger partial charge in [0.2, 0.25) is 0 Å². The van der Waals surface area contributed by atoms with E-state index in [9.17, 15) is 0 Å². The van der Waals surface area contributed by atoms with Gasteiger partial charge in [0.1, 0.15) is 0 Å². The predicted octanol–water partition coefficient (Wildman–Crippen LogP) is 14.5. The molecule has 1 unspecified atom stereocenters. The van der Waals surface area contributed by atoms with Gasteiger partial charge in [0.15, 0.2) is 17.5 Å². The average Bonchev–Trinajstić information content (AvgIpc) is 4.00. The molecule has 0 saturated heterocycles. The SMILES string of the molecule is C[C@@H]1C[C@@H]2CC[C@@H](C2)C12c1ccccc1-c1c(-c3nc(-c4ccccc4)nc(-c4cccc(-c5ccc(-n6c7ccccc7c7c8ccccc8ccc76)cc5)c4)n3)cccc12. The first kappa shape index (κ1) is 35.6. The highest BCUT2D eigenvalue weighted by Gasteiger charge is 2.57. The summed E-state index contributed by atoms with van der Waals surface area (Å²) in [5.41, 5.74) is 14.5. The lowest BCUT2D eigenvalue weighted by atomic mass is 9.56. The topological polar surface area (TPSA) is 43.6 Å². The van der Waals surface area contributed by atoms with Crippen molar-refractivity contribution >= 4 is 32.6 Å². The van der Waals surface area contributed by atoms with E-state index in [1.54, 1.807) is 0 Å². The molecule has 0 amide bonds. The van der Waals surface area contributed by atoms with Crippen molar-refractivity contribution in [3.05, 3.63) is 193 Å². The summed E-state index contributed by atoms with van der Waals surface area (Å²) in [6.07, 6.45) is 5.28. The normalized spacial score (nSPS) is 20.0. The molecule has 1 spiro atoms. The molecule has 62 heavy (non-hydrogen) atoms. The largest absolute Gasteiger partial charge is 0.309 e. The molecule has 4 heteroatoms. The van der Waals surface area contributed by atoms with Gasteiger partial charge < -0.3 is 4.57 Å². The third-order valence-corrected chi connectivity index (χ3v) is 14.9. The number of hydrogen-bond donors (Lipinski definition) is 0. The molecule has 2 saturated carbocycles. The van der Waals surface area contributed by atoms with Crippen molar-refractivity contribution in [3.8, 4) is 62.1 Å². The molecular weight excluding hydrogens is 753 g/mol. The highest BCUT2D eigenvalue weighted by molar-refractivity contribution is 6.21. The fourth-order valence-electron chi connectivity index (χ4n) is 12.3. The molecule has 13 rings (SSSR count). The number of hydrogen-bond acceptors (Lipinski definition) is 3. The van der Waals surface area contributed by atoms with Gasteiger partial charge in [0.05, 0.1) is 11.0 Å². The Morgan fingerprint density at radius 2 is 1.16 bits per heavy atom. The van der Waals surface area contributed by atoms with Crippen LogP contribution in [0.4, 0.5) is 0 Å². The first-order valence-corrected chi connectivity index (χ1v) is 22.3. The second kappa shape index (κ2) is 13.7. The van der Waals surface area contributed by atoms with E-state index in [-0.39, 0.29) is 5.41 Å². The van der Waals surface area contributed by atoms with E-state index in [1.807, 2.05) is 6.07 Å². The molecule has 10 aromatic rings. The van der Waals surface area contributed by atoms with Gasteiger partial charge in [-0.05, 0) is 112 Å². The predicted molar refractivity (Wildman–Crippen MR) is 254 cm³/mol. The highest BCUT2D eigenvalue weighted by atomic mass is 15.0. The smallest absolute Gasteiger partial charge is 0.164 e. The fraction of sp³-hybridized carbons (Fsp3) is 0.155. The van der Waals surface area contributed by atoms with Crippen molar-refractivity contribution < 1.29 is 0 Å². The number of benzene rings is 8. The summed E-state index contributed by atoms with van der Waals surface area (Å²) in [6, 6.07) is 66.1. The van der Waals surface area contributed by atoms with Crippen molar-refractivity contribution in [1.29, 1.82) is 0 Å². The third kappa shape index (κ3) is 5.16. The average molecular weight is 797 g/mol. The van der Waals surface area contributed by atoms with Crippen LogP contribution in [0.15, 0.2) is 182 Å². The standard InChI is InChI=1S/C58H44N4/c1-36-33-37-25-29-43(34-37)58(36)49-22-9-7-19-46(49)53-48(21-12-23-50(53)58)57-60-55(40-14-3-2-4-15-40)59-56(61-57)42-17-11-16-41(35-42)38-26-30-44(31-27-38)62-51-24-10-8-20-47(51)54-45-18-6-5-13-39(45)28-32-52(54)62/h2-24,26-28,30-32,35-37,43H,25,29,33-34H2,1H3/t36-,37+,43+,58?/m1/s1. The molecule has 8 aromatic carbocycles. The molecule has 296 valence electrons. The van der Waals surface area contributed by atoms with E-state index in [2.05, 4.69) is 187 Å². The van der Waals surface area contributed by atoms with Gasteiger partial charge in [-0.1, -0.05) is 165 Å². The Labute approximate surface area is 361 Å². The molecule has 2 heterocycles. The summed E-state index contributed by atoms with van der Waals surface area (Å²) in [5, 5.41) is 5.09. The lowest BCUT2D eigenvalue weighted by Crippen LogP contribution is -2.43. The molecule has 4 atom stereocenters. The van der Waals surface area contributed by atoms with Crippen molar-refractivity contribution in [2.24, 2.45) is 17.8 Å². The maximum atomic E-state index is 5.39. The van der Waals surface area contributed by atoms with E-state index >= 15 is 0 Å². The van der Waals surface area contributed by atoms with Crippen LogP contribution >= 0.6 is 0 Å². The van der Waals surface area contributed by atoms with Gasteiger partial charge in [-0.15, -0.1) is 0 Å². The zero-order valence-electron chi connectivity index (χ0n) is 34.7. The number of rotatable bonds is 5. The van der Waals surface area contributed by atoms with Crippen LogP contribution in [-0.2, 0) is 5.41 Å². The fourth-order valence-corrected chi connectivity index (χ4v) is 12.3. The van der Waals surface area contributed by atoms with E-state index in [1.165, 1.54) is 80.5 Å². The lowest BCUT2D eigenvalue weighted by Gasteiger charge is -2.46. The molecule has 0 aliphatic heterocycles. The zero-order chi connectivity index (χ0) is 40.9. The van der Waals surface area contributed by atoms with Gasteiger partial charge in [0, 0.05) is 38.6 Å². The van der Waals surface area contributed by atoms with Crippen molar-refractivity contribution in [1.82, 2.24) is 19.5 Å². The van der Waals surface area contributed by atoms with E-state index in [4.69, 9.17) is 15.0 Å². The molecule has 2 aromatic heterocycles. The van der Waals surface area contributed by atoms with Gasteiger partial charge in [0.25, 0.3) is 0 Å². The Kier molecular flexibility index (Phi) is 7.84. The number of fused-ring (bicyclic) bond motifs is 13. The molecule has 2 fully saturated rings. The van der Waals surface area contributed by atoms with Gasteiger partial charge in [-0.25, -0.2) is 15.0 Å². The zero-order valence-corrected chi connectivity index (χ0v) is 34.7. The molecule has 2 bridgehead atoms. The molecular formula is C58H44N4. The summed E-state index contributed by atoms with van der Waals surface area (Å²) >= 11 is 0. The van der Waals surface area contributed by atoms with Gasteiger partial charge >= 0.3 is 0 Å². The van der Waals surface area contributed by atoms with Gasteiger partial charge in [-0.3, -0.25) is 0 Å². The summed E-state index contributed by atoms with van der Waals surface area (Å²) in [6.45, 7) is 2.52. The second-order valence-electron chi connectivity index (χ2n) is 18.0. The van der Waals surface area contributed by atoms with Crippen LogP contribution in [0.2, 0.25) is 0 Å². The Bertz CT molecular complexity index is 3400. The van der Waals surface area contributed by atoms with E-state index < -0.39 is 0 Å². The Morgan fingerprint density at radius 3 is 2.05 bits per heavy atom. The van der Waals surface area contributed by atoms with Crippen LogP contribution < -0.4 is 0 Å². The molecule has 0 N–H and O–H groups in total. The minimum absolute atomic E-state index is 0.0207. The maximum Gasteiger partial charge on any atom is 0.164 e.